The Morgan fingerprint density at radius 2 is 1.77 bits per heavy atom. The molecule has 2 fully saturated rings. The summed E-state index contributed by atoms with van der Waals surface area (Å²) >= 11 is 0. The lowest BCUT2D eigenvalue weighted by Gasteiger charge is -2.05. The van der Waals surface area contributed by atoms with Gasteiger partial charge < -0.3 is 10.1 Å². The maximum Gasteiger partial charge on any atom is 0.407 e. The van der Waals surface area contributed by atoms with Gasteiger partial charge in [0.25, 0.3) is 0 Å². The Bertz CT molecular complexity index is 175. The number of amides is 1. The van der Waals surface area contributed by atoms with Crippen LogP contribution in [0.4, 0.5) is 4.79 Å². The lowest BCUT2D eigenvalue weighted by atomic mass is 10.00. The maximum absolute atomic E-state index is 10.5. The van der Waals surface area contributed by atoms with Crippen LogP contribution in [0.1, 0.15) is 32.1 Å². The minimum absolute atomic E-state index is 0.296. The van der Waals surface area contributed by atoms with Gasteiger partial charge in [-0.2, -0.15) is 0 Å². The highest BCUT2D eigenvalue weighted by atomic mass is 16.6. The molecule has 1 aliphatic heterocycles. The molecule has 1 aliphatic carbocycles. The van der Waals surface area contributed by atoms with Gasteiger partial charge in [-0.25, -0.2) is 4.79 Å². The smallest absolute Gasteiger partial charge is 0.407 e. The number of nitrogens with one attached hydrogen (secondary N) is 1. The summed E-state index contributed by atoms with van der Waals surface area (Å²) in [5.74, 6) is 0.464. The summed E-state index contributed by atoms with van der Waals surface area (Å²) in [7, 11) is 0. The number of alkyl carbamates (subject to hydrolysis) is 1. The third kappa shape index (κ3) is 4.50. The zero-order valence-electron chi connectivity index (χ0n) is 7.67. The Hall–Kier alpha value is -1.06. The van der Waals surface area contributed by atoms with Crippen molar-refractivity contribution in [2.45, 2.75) is 32.1 Å². The van der Waals surface area contributed by atoms with Gasteiger partial charge in [0.2, 0.25) is 0 Å². The summed E-state index contributed by atoms with van der Waals surface area (Å²) in [4.78, 5) is 20.4. The zero-order valence-corrected chi connectivity index (χ0v) is 7.67. The van der Waals surface area contributed by atoms with E-state index in [2.05, 4.69) is 10.1 Å². The number of rotatable bonds is 0. The highest BCUT2D eigenvalue weighted by molar-refractivity contribution is 5.78. The number of carbonyl (C=O) groups is 2. The van der Waals surface area contributed by atoms with Crippen LogP contribution in [-0.2, 0) is 9.53 Å². The first-order chi connectivity index (χ1) is 6.29. The van der Waals surface area contributed by atoms with Gasteiger partial charge in [-0.05, 0) is 12.8 Å². The average Bonchev–Trinajstić information content (AvgIpc) is 2.58. The van der Waals surface area contributed by atoms with E-state index < -0.39 is 0 Å². The fourth-order valence-corrected chi connectivity index (χ4v) is 1.29. The van der Waals surface area contributed by atoms with E-state index in [1.807, 2.05) is 0 Å². The summed E-state index contributed by atoms with van der Waals surface area (Å²) in [5, 5.41) is 2.46. The van der Waals surface area contributed by atoms with Crippen molar-refractivity contribution in [1.29, 1.82) is 0 Å². The molecule has 0 aromatic carbocycles. The summed E-state index contributed by atoms with van der Waals surface area (Å²) in [6, 6.07) is 0. The normalized spacial score (nSPS) is 21.2. The Balaban J connectivity index is 0.000000132. The minimum Gasteiger partial charge on any atom is -0.448 e. The first-order valence-corrected chi connectivity index (χ1v) is 4.71. The van der Waals surface area contributed by atoms with Crippen molar-refractivity contribution in [2.24, 2.45) is 0 Å². The fourth-order valence-electron chi connectivity index (χ4n) is 1.29. The second-order valence-corrected chi connectivity index (χ2v) is 3.16. The van der Waals surface area contributed by atoms with Crippen molar-refractivity contribution in [3.8, 4) is 0 Å². The lowest BCUT2D eigenvalue weighted by molar-refractivity contribution is -0.120. The Morgan fingerprint density at radius 1 is 1.08 bits per heavy atom. The SMILES string of the molecule is O=C1CCCCC1.O=C1NCCO1. The van der Waals surface area contributed by atoms with Crippen molar-refractivity contribution in [1.82, 2.24) is 5.32 Å². The number of Topliss-reactive ketones (excluding diaryl/α,β-unsaturated/α-hetero) is 1. The monoisotopic (exact) mass is 185 g/mol. The quantitative estimate of drug-likeness (QED) is 0.617. The molecule has 0 aromatic rings. The van der Waals surface area contributed by atoms with Crippen molar-refractivity contribution in [2.75, 3.05) is 13.2 Å². The summed E-state index contributed by atoms with van der Waals surface area (Å²) in [5.41, 5.74) is 0. The number of ether oxygens (including phenoxy) is 1. The summed E-state index contributed by atoms with van der Waals surface area (Å²) < 4.78 is 4.40. The molecule has 4 heteroatoms. The molecular formula is C9H15NO3. The van der Waals surface area contributed by atoms with Crippen LogP contribution in [0.5, 0.6) is 0 Å². The van der Waals surface area contributed by atoms with E-state index in [1.54, 1.807) is 0 Å². The molecule has 1 saturated heterocycles. The minimum atomic E-state index is -0.296. The van der Waals surface area contributed by atoms with Gasteiger partial charge in [-0.1, -0.05) is 6.42 Å². The predicted octanol–water partition coefficient (Wildman–Crippen LogP) is 1.25. The summed E-state index contributed by atoms with van der Waals surface area (Å²) in [6.07, 6.45) is 4.94. The van der Waals surface area contributed by atoms with Crippen LogP contribution < -0.4 is 5.32 Å². The Morgan fingerprint density at radius 3 is 2.00 bits per heavy atom. The number of hydrogen-bond acceptors (Lipinski definition) is 3. The largest absolute Gasteiger partial charge is 0.448 e. The lowest BCUT2D eigenvalue weighted by Crippen LogP contribution is -2.11. The molecule has 1 saturated carbocycles. The van der Waals surface area contributed by atoms with Crippen LogP contribution in [0, 0.1) is 0 Å². The molecule has 1 N–H and O–H groups in total. The highest BCUT2D eigenvalue weighted by Crippen LogP contribution is 2.12. The second-order valence-electron chi connectivity index (χ2n) is 3.16. The number of cyclic esters (lactones) is 1. The molecule has 2 aliphatic rings. The van der Waals surface area contributed by atoms with Gasteiger partial charge in [0.05, 0.1) is 6.54 Å². The van der Waals surface area contributed by atoms with Crippen molar-refractivity contribution in [3.05, 3.63) is 0 Å². The van der Waals surface area contributed by atoms with Gasteiger partial charge >= 0.3 is 6.09 Å². The molecule has 0 radical (unpaired) electrons. The summed E-state index contributed by atoms with van der Waals surface area (Å²) in [6.45, 7) is 1.19. The molecule has 13 heavy (non-hydrogen) atoms. The highest BCUT2D eigenvalue weighted by Gasteiger charge is 2.06. The van der Waals surface area contributed by atoms with Crippen LogP contribution in [0.25, 0.3) is 0 Å². The van der Waals surface area contributed by atoms with Crippen LogP contribution in [0.15, 0.2) is 0 Å². The zero-order chi connectivity index (χ0) is 9.52. The number of ketones is 1. The van der Waals surface area contributed by atoms with E-state index in [9.17, 15) is 9.59 Å². The molecule has 2 rings (SSSR count). The molecule has 74 valence electrons. The number of hydrogen-bond donors (Lipinski definition) is 1. The van der Waals surface area contributed by atoms with Gasteiger partial charge in [0, 0.05) is 12.8 Å². The van der Waals surface area contributed by atoms with E-state index in [0.717, 1.165) is 25.7 Å². The van der Waals surface area contributed by atoms with Crippen molar-refractivity contribution in [3.63, 3.8) is 0 Å². The van der Waals surface area contributed by atoms with Crippen LogP contribution in [-0.4, -0.2) is 25.0 Å². The Kier molecular flexibility index (Phi) is 4.29. The molecule has 0 bridgehead atoms. The van der Waals surface area contributed by atoms with Crippen molar-refractivity contribution >= 4 is 11.9 Å². The molecule has 0 spiro atoms. The van der Waals surface area contributed by atoms with E-state index in [4.69, 9.17) is 0 Å². The van der Waals surface area contributed by atoms with Crippen LogP contribution in [0.3, 0.4) is 0 Å². The molecule has 1 heterocycles. The average molecular weight is 185 g/mol. The second kappa shape index (κ2) is 5.56. The Labute approximate surface area is 77.6 Å². The standard InChI is InChI=1S/C6H10O.C3H5NO2/c7-6-4-2-1-3-5-6;5-3-4-1-2-6-3/h1-5H2;1-2H2,(H,4,5). The van der Waals surface area contributed by atoms with E-state index in [-0.39, 0.29) is 6.09 Å². The van der Waals surface area contributed by atoms with E-state index in [0.29, 0.717) is 18.9 Å². The van der Waals surface area contributed by atoms with Gasteiger partial charge in [0.1, 0.15) is 12.4 Å². The van der Waals surface area contributed by atoms with Crippen molar-refractivity contribution < 1.29 is 14.3 Å². The fraction of sp³-hybridized carbons (Fsp3) is 0.778. The third-order valence-electron chi connectivity index (χ3n) is 2.02. The third-order valence-corrected chi connectivity index (χ3v) is 2.02. The van der Waals surface area contributed by atoms with Crippen LogP contribution >= 0.6 is 0 Å². The molecule has 1 amide bonds. The maximum atomic E-state index is 10.5. The molecule has 4 nitrogen and oxygen atoms in total. The first-order valence-electron chi connectivity index (χ1n) is 4.71. The molecule has 0 unspecified atom stereocenters. The van der Waals surface area contributed by atoms with Gasteiger partial charge in [-0.3, -0.25) is 4.79 Å². The van der Waals surface area contributed by atoms with Gasteiger partial charge in [-0.15, -0.1) is 0 Å². The van der Waals surface area contributed by atoms with Gasteiger partial charge in [0.15, 0.2) is 0 Å². The predicted molar refractivity (Wildman–Crippen MR) is 47.4 cm³/mol. The molecule has 0 aromatic heterocycles. The molecule has 0 atom stereocenters. The number of carbonyl (C=O) groups excluding carboxylic acids is 2. The first kappa shape index (κ1) is 10.0. The molecular weight excluding hydrogens is 170 g/mol. The topological polar surface area (TPSA) is 55.4 Å². The van der Waals surface area contributed by atoms with Crippen LogP contribution in [0.2, 0.25) is 0 Å². The van der Waals surface area contributed by atoms with E-state index >= 15 is 0 Å². The van der Waals surface area contributed by atoms with E-state index in [1.165, 1.54) is 6.42 Å².